The second-order valence-electron chi connectivity index (χ2n) is 10.9. The Bertz CT molecular complexity index is 935. The Labute approximate surface area is 215 Å². The number of fused-ring (bicyclic) bond motifs is 2. The van der Waals surface area contributed by atoms with Gasteiger partial charge >= 0.3 is 0 Å². The predicted molar refractivity (Wildman–Crippen MR) is 153 cm³/mol. The molecule has 0 saturated carbocycles. The Morgan fingerprint density at radius 2 is 1.09 bits per heavy atom. The largest absolute Gasteiger partial charge is 0.289 e. The average Bonchev–Trinajstić information content (AvgIpc) is 2.87. The monoisotopic (exact) mass is 474 g/mol. The number of allylic oxidation sites excluding steroid dienone is 2. The molecule has 0 atom stereocenters. The fraction of sp³-hybridized carbons (Fsp3) is 0.618. The minimum Gasteiger partial charge on any atom is -0.289 e. The highest BCUT2D eigenvalue weighted by atomic mass is 16.1. The van der Waals surface area contributed by atoms with Crippen molar-refractivity contribution in [2.45, 2.75) is 136 Å². The van der Waals surface area contributed by atoms with E-state index in [0.29, 0.717) is 5.78 Å². The van der Waals surface area contributed by atoms with Crippen LogP contribution in [0.15, 0.2) is 47.5 Å². The van der Waals surface area contributed by atoms with E-state index in [1.165, 1.54) is 130 Å². The van der Waals surface area contributed by atoms with Gasteiger partial charge in [-0.25, -0.2) is 0 Å². The minimum atomic E-state index is 0.328. The number of unbranched alkanes of at least 4 members (excludes halogenated alkanes) is 14. The molecule has 0 saturated heterocycles. The molecule has 0 spiro atoms. The summed E-state index contributed by atoms with van der Waals surface area (Å²) in [5.74, 6) is 0.328. The van der Waals surface area contributed by atoms with E-state index < -0.39 is 0 Å². The van der Waals surface area contributed by atoms with Crippen LogP contribution in [0.4, 0.5) is 0 Å². The molecule has 0 amide bonds. The Kier molecular flexibility index (Phi) is 12.6. The highest BCUT2D eigenvalue weighted by molar-refractivity contribution is 6.13. The van der Waals surface area contributed by atoms with Gasteiger partial charge in [-0.2, -0.15) is 0 Å². The Hall–Kier alpha value is -1.89. The van der Waals surface area contributed by atoms with E-state index in [9.17, 15) is 4.79 Å². The van der Waals surface area contributed by atoms with Crippen LogP contribution in [0.3, 0.4) is 0 Å². The first kappa shape index (κ1) is 27.7. The summed E-state index contributed by atoms with van der Waals surface area (Å²) in [4.78, 5) is 13.7. The first-order valence-corrected chi connectivity index (χ1v) is 15.0. The molecule has 35 heavy (non-hydrogen) atoms. The van der Waals surface area contributed by atoms with Crippen LogP contribution in [0, 0.1) is 0 Å². The van der Waals surface area contributed by atoms with Gasteiger partial charge in [-0.15, -0.1) is 0 Å². The summed E-state index contributed by atoms with van der Waals surface area (Å²) >= 11 is 0. The maximum Gasteiger partial charge on any atom is 0.189 e. The van der Waals surface area contributed by atoms with Crippen LogP contribution in [0.25, 0.3) is 10.8 Å². The number of Topliss-reactive ketones (excluding diaryl/α,β-unsaturated/α-hetero) is 1. The molecule has 192 valence electrons. The summed E-state index contributed by atoms with van der Waals surface area (Å²) in [7, 11) is 0. The Balaban J connectivity index is 1.59. The predicted octanol–water partition coefficient (Wildman–Crippen LogP) is 10.9. The molecular weight excluding hydrogens is 424 g/mol. The van der Waals surface area contributed by atoms with Gasteiger partial charge in [0.1, 0.15) is 0 Å². The van der Waals surface area contributed by atoms with E-state index in [-0.39, 0.29) is 0 Å². The lowest BCUT2D eigenvalue weighted by molar-refractivity contribution is 0.102. The van der Waals surface area contributed by atoms with Crippen molar-refractivity contribution in [3.8, 4) is 0 Å². The van der Waals surface area contributed by atoms with Crippen LogP contribution in [-0.4, -0.2) is 5.78 Å². The molecule has 0 fully saturated rings. The first-order chi connectivity index (χ1) is 17.2. The summed E-state index contributed by atoms with van der Waals surface area (Å²) in [6, 6.07) is 12.9. The second-order valence-corrected chi connectivity index (χ2v) is 10.9. The number of carbonyl (C=O) groups excluding carboxylic acids is 1. The van der Waals surface area contributed by atoms with E-state index in [4.69, 9.17) is 0 Å². The van der Waals surface area contributed by atoms with E-state index >= 15 is 0 Å². The summed E-state index contributed by atoms with van der Waals surface area (Å²) < 4.78 is 0. The van der Waals surface area contributed by atoms with Crippen molar-refractivity contribution < 1.29 is 4.79 Å². The number of benzene rings is 2. The number of ketones is 1. The molecular formula is C34H50O. The minimum absolute atomic E-state index is 0.328. The molecule has 2 aromatic carbocycles. The first-order valence-electron chi connectivity index (χ1n) is 15.0. The molecule has 0 aliphatic heterocycles. The van der Waals surface area contributed by atoms with Crippen LogP contribution < -0.4 is 0 Å². The molecule has 1 aliphatic carbocycles. The molecule has 1 heteroatoms. The van der Waals surface area contributed by atoms with E-state index in [0.717, 1.165) is 24.8 Å². The van der Waals surface area contributed by atoms with Gasteiger partial charge in [0.25, 0.3) is 0 Å². The average molecular weight is 475 g/mol. The molecule has 0 radical (unpaired) electrons. The maximum atomic E-state index is 13.7. The van der Waals surface area contributed by atoms with Gasteiger partial charge in [-0.3, -0.25) is 4.79 Å². The molecule has 0 unspecified atom stereocenters. The second kappa shape index (κ2) is 16.0. The third kappa shape index (κ3) is 8.93. The highest BCUT2D eigenvalue weighted by Gasteiger charge is 2.25. The number of rotatable bonds is 18. The molecule has 0 N–H and O–H groups in total. The molecule has 1 nitrogen and oxygen atoms in total. The SMILES string of the molecule is CCCCCCCCCCC1=C(CCCCCCCCCC)C(=O)c2cc3ccccc3cc2C1. The summed E-state index contributed by atoms with van der Waals surface area (Å²) in [6.07, 6.45) is 24.4. The van der Waals surface area contributed by atoms with Crippen molar-refractivity contribution in [3.05, 3.63) is 58.7 Å². The lowest BCUT2D eigenvalue weighted by Crippen LogP contribution is -2.17. The zero-order valence-electron chi connectivity index (χ0n) is 22.8. The fourth-order valence-corrected chi connectivity index (χ4v) is 5.74. The topological polar surface area (TPSA) is 17.1 Å². The smallest absolute Gasteiger partial charge is 0.189 e. The third-order valence-corrected chi connectivity index (χ3v) is 7.93. The van der Waals surface area contributed by atoms with Gasteiger partial charge in [0.2, 0.25) is 0 Å². The van der Waals surface area contributed by atoms with Crippen molar-refractivity contribution in [2.75, 3.05) is 0 Å². The molecule has 0 bridgehead atoms. The Morgan fingerprint density at radius 3 is 1.66 bits per heavy atom. The van der Waals surface area contributed by atoms with E-state index in [1.807, 2.05) is 0 Å². The zero-order chi connectivity index (χ0) is 24.7. The van der Waals surface area contributed by atoms with Crippen molar-refractivity contribution in [1.82, 2.24) is 0 Å². The summed E-state index contributed by atoms with van der Waals surface area (Å²) in [5, 5.41) is 2.45. The van der Waals surface area contributed by atoms with Gasteiger partial charge in [0, 0.05) is 5.56 Å². The van der Waals surface area contributed by atoms with Crippen LogP contribution in [-0.2, 0) is 6.42 Å². The quantitative estimate of drug-likeness (QED) is 0.196. The van der Waals surface area contributed by atoms with Gasteiger partial charge in [-0.05, 0) is 60.1 Å². The lowest BCUT2D eigenvalue weighted by atomic mass is 9.80. The normalized spacial score (nSPS) is 13.6. The Morgan fingerprint density at radius 1 is 0.600 bits per heavy atom. The standard InChI is InChI=1S/C34H50O/c1-3-5-7-9-11-13-15-17-23-30-26-31-25-28-21-19-20-22-29(28)27-33(31)34(35)32(30)24-18-16-14-12-10-8-6-4-2/h19-22,25,27H,3-18,23-24,26H2,1-2H3. The number of hydrogen-bond acceptors (Lipinski definition) is 1. The third-order valence-electron chi connectivity index (χ3n) is 7.93. The molecule has 3 rings (SSSR count). The zero-order valence-corrected chi connectivity index (χ0v) is 22.8. The fourth-order valence-electron chi connectivity index (χ4n) is 5.74. The van der Waals surface area contributed by atoms with Gasteiger partial charge in [0.15, 0.2) is 5.78 Å². The summed E-state index contributed by atoms with van der Waals surface area (Å²) in [6.45, 7) is 4.56. The maximum absolute atomic E-state index is 13.7. The van der Waals surface area contributed by atoms with Crippen molar-refractivity contribution in [2.24, 2.45) is 0 Å². The number of carbonyl (C=O) groups is 1. The van der Waals surface area contributed by atoms with Crippen LogP contribution in [0.5, 0.6) is 0 Å². The lowest BCUT2D eigenvalue weighted by Gasteiger charge is -2.23. The van der Waals surface area contributed by atoms with E-state index in [1.54, 1.807) is 0 Å². The van der Waals surface area contributed by atoms with Crippen molar-refractivity contribution >= 4 is 16.6 Å². The van der Waals surface area contributed by atoms with Crippen LogP contribution in [0.1, 0.15) is 145 Å². The molecule has 0 aromatic heterocycles. The van der Waals surface area contributed by atoms with Gasteiger partial charge in [-0.1, -0.05) is 140 Å². The highest BCUT2D eigenvalue weighted by Crippen LogP contribution is 2.34. The van der Waals surface area contributed by atoms with Crippen molar-refractivity contribution in [1.29, 1.82) is 0 Å². The van der Waals surface area contributed by atoms with E-state index in [2.05, 4.69) is 50.2 Å². The van der Waals surface area contributed by atoms with Crippen LogP contribution in [0.2, 0.25) is 0 Å². The van der Waals surface area contributed by atoms with Gasteiger partial charge < -0.3 is 0 Å². The van der Waals surface area contributed by atoms with Crippen LogP contribution >= 0.6 is 0 Å². The van der Waals surface area contributed by atoms with Crippen molar-refractivity contribution in [3.63, 3.8) is 0 Å². The summed E-state index contributed by atoms with van der Waals surface area (Å²) in [5.41, 5.74) is 4.84. The molecule has 0 heterocycles. The molecule has 1 aliphatic rings. The molecule has 2 aromatic rings. The van der Waals surface area contributed by atoms with Gasteiger partial charge in [0.05, 0.1) is 0 Å². The number of hydrogen-bond donors (Lipinski definition) is 0.